The van der Waals surface area contributed by atoms with Gasteiger partial charge in [-0.3, -0.25) is 9.59 Å². The molecule has 0 aromatic rings. The molecule has 0 aliphatic rings. The van der Waals surface area contributed by atoms with Gasteiger partial charge in [-0.15, -0.1) is 0 Å². The van der Waals surface area contributed by atoms with Crippen LogP contribution >= 0.6 is 0 Å². The van der Waals surface area contributed by atoms with Gasteiger partial charge in [-0.1, -0.05) is 13.8 Å². The number of carbonyl (C=O) groups excluding carboxylic acids is 2. The van der Waals surface area contributed by atoms with Crippen LogP contribution in [0.25, 0.3) is 0 Å². The fourth-order valence-corrected chi connectivity index (χ4v) is 2.26. The fourth-order valence-electron chi connectivity index (χ4n) is 2.26. The summed E-state index contributed by atoms with van der Waals surface area (Å²) in [5, 5.41) is 3.02. The maximum Gasteiger partial charge on any atom is 0.222 e. The molecule has 0 aromatic heterocycles. The molecule has 5 nitrogen and oxygen atoms in total. The van der Waals surface area contributed by atoms with E-state index in [0.29, 0.717) is 25.8 Å². The fraction of sp³-hybridized carbons (Fsp3) is 0.867. The predicted octanol–water partition coefficient (Wildman–Crippen LogP) is 1.66. The minimum atomic E-state index is -0.292. The zero-order valence-electron chi connectivity index (χ0n) is 13.5. The first-order valence-electron chi connectivity index (χ1n) is 7.77. The molecule has 0 rings (SSSR count). The molecule has 0 fully saturated rings. The standard InChI is InChI=1S/C15H31N3O2/c1-5-15(6-2,12-16)17-13(19)10-9-11-14(20)18(7-3)8-4/h5-12,16H2,1-4H3,(H,17,19). The van der Waals surface area contributed by atoms with E-state index < -0.39 is 0 Å². The van der Waals surface area contributed by atoms with E-state index in [1.807, 2.05) is 27.7 Å². The molecular weight excluding hydrogens is 254 g/mol. The molecule has 0 radical (unpaired) electrons. The average Bonchev–Trinajstić information content (AvgIpc) is 2.46. The highest BCUT2D eigenvalue weighted by molar-refractivity contribution is 5.79. The van der Waals surface area contributed by atoms with Crippen LogP contribution in [0.1, 0.15) is 59.8 Å². The van der Waals surface area contributed by atoms with Gasteiger partial charge in [0.25, 0.3) is 0 Å². The molecule has 0 aromatic carbocycles. The minimum absolute atomic E-state index is 0.00787. The first-order chi connectivity index (χ1) is 9.48. The van der Waals surface area contributed by atoms with E-state index in [-0.39, 0.29) is 17.4 Å². The molecule has 118 valence electrons. The van der Waals surface area contributed by atoms with Crippen molar-refractivity contribution in [2.75, 3.05) is 19.6 Å². The first-order valence-corrected chi connectivity index (χ1v) is 7.77. The lowest BCUT2D eigenvalue weighted by Crippen LogP contribution is -2.52. The maximum atomic E-state index is 11.9. The van der Waals surface area contributed by atoms with Crippen LogP contribution < -0.4 is 11.1 Å². The topological polar surface area (TPSA) is 75.4 Å². The van der Waals surface area contributed by atoms with Crippen molar-refractivity contribution in [3.05, 3.63) is 0 Å². The van der Waals surface area contributed by atoms with Gasteiger partial charge < -0.3 is 16.0 Å². The van der Waals surface area contributed by atoms with Gasteiger partial charge in [0.1, 0.15) is 0 Å². The molecule has 5 heteroatoms. The number of carbonyl (C=O) groups is 2. The first kappa shape index (κ1) is 18.9. The second-order valence-electron chi connectivity index (χ2n) is 5.16. The molecule has 2 amide bonds. The van der Waals surface area contributed by atoms with Crippen LogP contribution in [0, 0.1) is 0 Å². The molecule has 0 unspecified atom stereocenters. The van der Waals surface area contributed by atoms with Gasteiger partial charge in [0.2, 0.25) is 11.8 Å². The summed E-state index contributed by atoms with van der Waals surface area (Å²) in [7, 11) is 0. The molecular formula is C15H31N3O2. The number of rotatable bonds is 10. The normalized spacial score (nSPS) is 11.2. The molecule has 0 heterocycles. The average molecular weight is 285 g/mol. The number of hydrogen-bond acceptors (Lipinski definition) is 3. The molecule has 3 N–H and O–H groups in total. The van der Waals surface area contributed by atoms with Gasteiger partial charge in [0, 0.05) is 32.5 Å². The lowest BCUT2D eigenvalue weighted by atomic mass is 9.92. The van der Waals surface area contributed by atoms with E-state index in [4.69, 9.17) is 5.73 Å². The second kappa shape index (κ2) is 9.75. The third kappa shape index (κ3) is 5.90. The summed E-state index contributed by atoms with van der Waals surface area (Å²) in [6, 6.07) is 0. The number of nitrogens with one attached hydrogen (secondary N) is 1. The van der Waals surface area contributed by atoms with Crippen LogP contribution in [0.2, 0.25) is 0 Å². The lowest BCUT2D eigenvalue weighted by Gasteiger charge is -2.31. The summed E-state index contributed by atoms with van der Waals surface area (Å²) in [5.41, 5.74) is 5.46. The summed E-state index contributed by atoms with van der Waals surface area (Å²) in [6.07, 6.45) is 3.06. The van der Waals surface area contributed by atoms with E-state index in [9.17, 15) is 9.59 Å². The molecule has 0 saturated heterocycles. The summed E-state index contributed by atoms with van der Waals surface area (Å²) in [5.74, 6) is 0.116. The Labute approximate surface area is 123 Å². The third-order valence-electron chi connectivity index (χ3n) is 4.06. The van der Waals surface area contributed by atoms with Crippen LogP contribution in [0.5, 0.6) is 0 Å². The Hall–Kier alpha value is -1.10. The van der Waals surface area contributed by atoms with Crippen molar-refractivity contribution in [1.82, 2.24) is 10.2 Å². The number of nitrogens with two attached hydrogens (primary N) is 1. The minimum Gasteiger partial charge on any atom is -0.349 e. The Balaban J connectivity index is 4.14. The van der Waals surface area contributed by atoms with E-state index in [0.717, 1.165) is 25.9 Å². The van der Waals surface area contributed by atoms with E-state index in [1.54, 1.807) is 4.90 Å². The Morgan fingerprint density at radius 1 is 1.05 bits per heavy atom. The number of amides is 2. The highest BCUT2D eigenvalue weighted by Crippen LogP contribution is 2.13. The van der Waals surface area contributed by atoms with Gasteiger partial charge in [0.15, 0.2) is 0 Å². The number of hydrogen-bond donors (Lipinski definition) is 2. The monoisotopic (exact) mass is 285 g/mol. The maximum absolute atomic E-state index is 11.9. The second-order valence-corrected chi connectivity index (χ2v) is 5.16. The van der Waals surface area contributed by atoms with Gasteiger partial charge in [-0.05, 0) is 33.1 Å². The van der Waals surface area contributed by atoms with Crippen molar-refractivity contribution >= 4 is 11.8 Å². The summed E-state index contributed by atoms with van der Waals surface area (Å²) < 4.78 is 0. The van der Waals surface area contributed by atoms with Crippen LogP contribution in [-0.2, 0) is 9.59 Å². The zero-order chi connectivity index (χ0) is 15.6. The van der Waals surface area contributed by atoms with Crippen molar-refractivity contribution < 1.29 is 9.59 Å². The molecule has 0 bridgehead atoms. The molecule has 0 saturated carbocycles. The van der Waals surface area contributed by atoms with Gasteiger partial charge in [-0.2, -0.15) is 0 Å². The molecule has 0 aliphatic carbocycles. The third-order valence-corrected chi connectivity index (χ3v) is 4.06. The molecule has 0 aliphatic heterocycles. The zero-order valence-corrected chi connectivity index (χ0v) is 13.5. The van der Waals surface area contributed by atoms with E-state index >= 15 is 0 Å². The van der Waals surface area contributed by atoms with Crippen molar-refractivity contribution in [3.63, 3.8) is 0 Å². The van der Waals surface area contributed by atoms with Crippen LogP contribution in [0.3, 0.4) is 0 Å². The summed E-state index contributed by atoms with van der Waals surface area (Å²) in [6.45, 7) is 9.89. The van der Waals surface area contributed by atoms with Crippen molar-refractivity contribution in [2.24, 2.45) is 5.73 Å². The summed E-state index contributed by atoms with van der Waals surface area (Å²) in [4.78, 5) is 25.5. The molecule has 0 spiro atoms. The molecule has 0 atom stereocenters. The Kier molecular flexibility index (Phi) is 9.21. The quantitative estimate of drug-likeness (QED) is 0.641. The SMILES string of the molecule is CCN(CC)C(=O)CCCC(=O)NC(CC)(CC)CN. The van der Waals surface area contributed by atoms with Gasteiger partial charge in [-0.25, -0.2) is 0 Å². The lowest BCUT2D eigenvalue weighted by molar-refractivity contribution is -0.131. The van der Waals surface area contributed by atoms with Gasteiger partial charge >= 0.3 is 0 Å². The Morgan fingerprint density at radius 2 is 1.60 bits per heavy atom. The summed E-state index contributed by atoms with van der Waals surface area (Å²) >= 11 is 0. The predicted molar refractivity (Wildman–Crippen MR) is 82.3 cm³/mol. The number of nitrogens with zero attached hydrogens (tertiary/aromatic N) is 1. The Bertz CT molecular complexity index is 289. The largest absolute Gasteiger partial charge is 0.349 e. The van der Waals surface area contributed by atoms with Crippen LogP contribution in [0.4, 0.5) is 0 Å². The van der Waals surface area contributed by atoms with Crippen LogP contribution in [-0.4, -0.2) is 41.9 Å². The van der Waals surface area contributed by atoms with E-state index in [2.05, 4.69) is 5.32 Å². The molecule has 20 heavy (non-hydrogen) atoms. The van der Waals surface area contributed by atoms with Crippen molar-refractivity contribution in [3.8, 4) is 0 Å². The Morgan fingerprint density at radius 3 is 2.00 bits per heavy atom. The van der Waals surface area contributed by atoms with Crippen molar-refractivity contribution in [1.29, 1.82) is 0 Å². The van der Waals surface area contributed by atoms with Gasteiger partial charge in [0.05, 0.1) is 5.54 Å². The highest BCUT2D eigenvalue weighted by Gasteiger charge is 2.25. The highest BCUT2D eigenvalue weighted by atomic mass is 16.2. The van der Waals surface area contributed by atoms with Crippen LogP contribution in [0.15, 0.2) is 0 Å². The smallest absolute Gasteiger partial charge is 0.222 e. The van der Waals surface area contributed by atoms with E-state index in [1.165, 1.54) is 0 Å². The van der Waals surface area contributed by atoms with Crippen molar-refractivity contribution in [2.45, 2.75) is 65.3 Å².